The molecule has 3 heteroatoms. The number of allylic oxidation sites excluding steroid dienone is 4. The van der Waals surface area contributed by atoms with Crippen LogP contribution in [0.25, 0.3) is 0 Å². The summed E-state index contributed by atoms with van der Waals surface area (Å²) in [6, 6.07) is 0. The minimum atomic E-state index is 0. The summed E-state index contributed by atoms with van der Waals surface area (Å²) in [5.41, 5.74) is 1.22. The van der Waals surface area contributed by atoms with Gasteiger partial charge in [0.2, 0.25) is 0 Å². The molecule has 0 saturated carbocycles. The molecule has 92 valence electrons. The van der Waals surface area contributed by atoms with Crippen LogP contribution in [0.2, 0.25) is 0 Å². The molecule has 0 heterocycles. The van der Waals surface area contributed by atoms with Gasteiger partial charge in [0, 0.05) is 21.7 Å². The normalized spacial score (nSPS) is 7.86. The van der Waals surface area contributed by atoms with Crippen molar-refractivity contribution in [2.45, 2.75) is 6.42 Å². The predicted molar refractivity (Wildman–Crippen MR) is 73.8 cm³/mol. The fraction of sp³-hybridized carbons (Fsp3) is 0.0909. The molecule has 0 spiro atoms. The van der Waals surface area contributed by atoms with Crippen LogP contribution >= 0.6 is 24.8 Å². The average molecular weight is 275 g/mol. The van der Waals surface area contributed by atoms with E-state index in [-0.39, 0.29) is 83.7 Å². The van der Waals surface area contributed by atoms with E-state index in [4.69, 9.17) is 0 Å². The summed E-state index contributed by atoms with van der Waals surface area (Å²) in [7, 11) is 0. The van der Waals surface area contributed by atoms with Crippen molar-refractivity contribution in [1.82, 2.24) is 0 Å². The summed E-state index contributed by atoms with van der Waals surface area (Å²) in [6.45, 7) is 3.74. The molecule has 0 N–H and O–H groups in total. The van der Waals surface area contributed by atoms with Gasteiger partial charge in [0.05, 0.1) is 0 Å². The quantitative estimate of drug-likeness (QED) is 0.440. The van der Waals surface area contributed by atoms with Gasteiger partial charge in [0.15, 0.2) is 0 Å². The van der Waals surface area contributed by atoms with Crippen LogP contribution in [-0.4, -0.2) is 0 Å². The third-order valence-corrected chi connectivity index (χ3v) is 0.848. The molecule has 14 heavy (non-hydrogen) atoms. The second-order valence-electron chi connectivity index (χ2n) is 1.46. The number of halogens is 2. The Balaban J connectivity index is -0.00000000750. The molecule has 0 aromatic rings. The maximum absolute atomic E-state index is 3.74. The van der Waals surface area contributed by atoms with E-state index in [0.717, 1.165) is 6.42 Å². The first-order chi connectivity index (χ1) is 2.89. The molecule has 0 bridgehead atoms. The maximum atomic E-state index is 3.74. The topological polar surface area (TPSA) is 0 Å². The second-order valence-corrected chi connectivity index (χ2v) is 1.46. The zero-order valence-corrected chi connectivity index (χ0v) is 13.2. The number of rotatable bonds is 0. The standard InChI is InChI=1S/C6H7.5CH3.2ClH.Ti/c1-6-4-2-3-5-6;;;;;;;;/h2-4H,1,5H2;5*1H3;2*1H;/q6*-1;;;. The molecule has 0 aliphatic heterocycles. The van der Waals surface area contributed by atoms with Crippen molar-refractivity contribution in [3.05, 3.63) is 67.9 Å². The molecular formula is C11H24Cl2Ti-6. The van der Waals surface area contributed by atoms with Crippen LogP contribution in [0.15, 0.2) is 23.8 Å². The molecule has 1 rings (SSSR count). The second kappa shape index (κ2) is 37.3. The smallest absolute Gasteiger partial charge is 0 e. The van der Waals surface area contributed by atoms with Crippen LogP contribution in [0.4, 0.5) is 0 Å². The van der Waals surface area contributed by atoms with E-state index in [1.165, 1.54) is 5.57 Å². The van der Waals surface area contributed by atoms with E-state index >= 15 is 0 Å². The molecule has 1 aliphatic rings. The molecule has 1 aliphatic carbocycles. The van der Waals surface area contributed by atoms with Gasteiger partial charge in [-0.1, -0.05) is 0 Å². The zero-order chi connectivity index (χ0) is 4.41. The fourth-order valence-corrected chi connectivity index (χ4v) is 0.492. The van der Waals surface area contributed by atoms with E-state index in [9.17, 15) is 0 Å². The van der Waals surface area contributed by atoms with Crippen LogP contribution in [0.1, 0.15) is 6.42 Å². The summed E-state index contributed by atoms with van der Waals surface area (Å²) in [6.07, 6.45) is 7.21. The Bertz CT molecular complexity index is 110. The Morgan fingerprint density at radius 1 is 0.929 bits per heavy atom. The molecule has 0 saturated heterocycles. The van der Waals surface area contributed by atoms with E-state index in [2.05, 4.69) is 13.0 Å². The van der Waals surface area contributed by atoms with Crippen LogP contribution < -0.4 is 0 Å². The molecule has 0 aromatic heterocycles. The first kappa shape index (κ1) is 61.8. The van der Waals surface area contributed by atoms with Crippen molar-refractivity contribution >= 4 is 24.8 Å². The summed E-state index contributed by atoms with van der Waals surface area (Å²) >= 11 is 0. The molecular weight excluding hydrogens is 251 g/mol. The first-order valence-electron chi connectivity index (χ1n) is 2.07. The van der Waals surface area contributed by atoms with Gasteiger partial charge in [0.25, 0.3) is 0 Å². The monoisotopic (exact) mass is 274 g/mol. The van der Waals surface area contributed by atoms with Crippen molar-refractivity contribution in [2.24, 2.45) is 0 Å². The van der Waals surface area contributed by atoms with E-state index in [1.54, 1.807) is 0 Å². The first-order valence-corrected chi connectivity index (χ1v) is 2.07. The molecule has 0 unspecified atom stereocenters. The molecule has 0 aromatic carbocycles. The van der Waals surface area contributed by atoms with Crippen molar-refractivity contribution < 1.29 is 21.7 Å². The molecule has 0 amide bonds. The average Bonchev–Trinajstić information content (AvgIpc) is 1.86. The van der Waals surface area contributed by atoms with Crippen LogP contribution in [0, 0.1) is 44.1 Å². The van der Waals surface area contributed by atoms with Gasteiger partial charge < -0.3 is 37.1 Å². The van der Waals surface area contributed by atoms with Gasteiger partial charge in [-0.05, 0) is 6.42 Å². The maximum Gasteiger partial charge on any atom is 0 e. The van der Waals surface area contributed by atoms with E-state index in [1.807, 2.05) is 12.2 Å². The van der Waals surface area contributed by atoms with Gasteiger partial charge in [-0.25, -0.2) is 18.6 Å². The van der Waals surface area contributed by atoms with Gasteiger partial charge in [0.1, 0.15) is 0 Å². The predicted octanol–water partition coefficient (Wildman–Crippen LogP) is 4.80. The van der Waals surface area contributed by atoms with Gasteiger partial charge in [-0.15, -0.1) is 37.0 Å². The minimum absolute atomic E-state index is 0. The summed E-state index contributed by atoms with van der Waals surface area (Å²) in [5, 5.41) is 0. The van der Waals surface area contributed by atoms with Crippen molar-refractivity contribution in [2.75, 3.05) is 0 Å². The number of hydrogen-bond donors (Lipinski definition) is 0. The summed E-state index contributed by atoms with van der Waals surface area (Å²) < 4.78 is 0. The van der Waals surface area contributed by atoms with Gasteiger partial charge in [-0.3, -0.25) is 0 Å². The fourth-order valence-electron chi connectivity index (χ4n) is 0.492. The number of hydrogen-bond acceptors (Lipinski definition) is 0. The van der Waals surface area contributed by atoms with Crippen LogP contribution in [0.3, 0.4) is 0 Å². The van der Waals surface area contributed by atoms with Gasteiger partial charge in [-0.2, -0.15) is 0 Å². The SMILES string of the molecule is Cl.Cl.[CH2-]C1=CC=CC1.[CH3-].[CH3-].[CH3-].[CH3-].[CH3-].[Ti]. The third-order valence-electron chi connectivity index (χ3n) is 0.848. The molecule has 0 nitrogen and oxygen atoms in total. The molecule has 0 atom stereocenters. The summed E-state index contributed by atoms with van der Waals surface area (Å²) in [5.74, 6) is 0. The van der Waals surface area contributed by atoms with Crippen LogP contribution in [-0.2, 0) is 21.7 Å². The van der Waals surface area contributed by atoms with Gasteiger partial charge >= 0.3 is 0 Å². The van der Waals surface area contributed by atoms with E-state index < -0.39 is 0 Å². The minimum Gasteiger partial charge on any atom is -0.358 e. The molecule has 0 radical (unpaired) electrons. The summed E-state index contributed by atoms with van der Waals surface area (Å²) in [4.78, 5) is 0. The molecule has 0 fully saturated rings. The Labute approximate surface area is 120 Å². The Morgan fingerprint density at radius 3 is 1.36 bits per heavy atom. The van der Waals surface area contributed by atoms with Crippen molar-refractivity contribution in [3.63, 3.8) is 0 Å². The van der Waals surface area contributed by atoms with Crippen LogP contribution in [0.5, 0.6) is 0 Å². The Hall–Kier alpha value is 0.644. The Kier molecular flexibility index (Phi) is 165. The van der Waals surface area contributed by atoms with Crippen molar-refractivity contribution in [1.29, 1.82) is 0 Å². The van der Waals surface area contributed by atoms with Crippen molar-refractivity contribution in [3.8, 4) is 0 Å². The Morgan fingerprint density at radius 2 is 1.29 bits per heavy atom. The van der Waals surface area contributed by atoms with E-state index in [0.29, 0.717) is 0 Å². The zero-order valence-electron chi connectivity index (χ0n) is 9.96. The third kappa shape index (κ3) is 29.3. The largest absolute Gasteiger partial charge is 0.358 e.